The Balaban J connectivity index is 3.22. The molecular weight excluding hydrogens is 172 g/mol. The maximum atomic E-state index is 13.2. The molecule has 0 fully saturated rings. The predicted octanol–water partition coefficient (Wildman–Crippen LogP) is 3.06. The van der Waals surface area contributed by atoms with Crippen molar-refractivity contribution in [1.29, 1.82) is 5.26 Å². The SMILES string of the molecule is CCC(F)(F)c1ccccc1C#N. The number of hydrogen-bond acceptors (Lipinski definition) is 1. The van der Waals surface area contributed by atoms with E-state index in [0.29, 0.717) is 0 Å². The highest BCUT2D eigenvalue weighted by molar-refractivity contribution is 5.39. The summed E-state index contributed by atoms with van der Waals surface area (Å²) in [5.74, 6) is -2.90. The van der Waals surface area contributed by atoms with Gasteiger partial charge in [-0.1, -0.05) is 25.1 Å². The first kappa shape index (κ1) is 9.66. The van der Waals surface area contributed by atoms with Crippen molar-refractivity contribution in [3.05, 3.63) is 35.4 Å². The van der Waals surface area contributed by atoms with Gasteiger partial charge in [-0.2, -0.15) is 5.26 Å². The lowest BCUT2D eigenvalue weighted by molar-refractivity contribution is -0.00854. The van der Waals surface area contributed by atoms with Gasteiger partial charge in [0.25, 0.3) is 5.92 Å². The lowest BCUT2D eigenvalue weighted by atomic mass is 10.0. The number of nitriles is 1. The zero-order valence-corrected chi connectivity index (χ0v) is 7.22. The third-order valence-electron chi connectivity index (χ3n) is 1.89. The van der Waals surface area contributed by atoms with E-state index in [1.165, 1.54) is 25.1 Å². The highest BCUT2D eigenvalue weighted by atomic mass is 19.3. The summed E-state index contributed by atoms with van der Waals surface area (Å²) in [7, 11) is 0. The van der Waals surface area contributed by atoms with Crippen LogP contribution in [0.1, 0.15) is 24.5 Å². The van der Waals surface area contributed by atoms with Crippen molar-refractivity contribution in [3.8, 4) is 6.07 Å². The van der Waals surface area contributed by atoms with Crippen molar-refractivity contribution in [2.75, 3.05) is 0 Å². The average Bonchev–Trinajstić information content (AvgIpc) is 2.18. The Hall–Kier alpha value is -1.43. The predicted molar refractivity (Wildman–Crippen MR) is 45.3 cm³/mol. The Kier molecular flexibility index (Phi) is 2.62. The van der Waals surface area contributed by atoms with Crippen molar-refractivity contribution in [2.24, 2.45) is 0 Å². The van der Waals surface area contributed by atoms with Gasteiger partial charge in [-0.25, -0.2) is 8.78 Å². The third kappa shape index (κ3) is 1.83. The minimum Gasteiger partial charge on any atom is -0.201 e. The van der Waals surface area contributed by atoms with E-state index in [1.807, 2.05) is 0 Å². The number of halogens is 2. The maximum absolute atomic E-state index is 13.2. The molecule has 0 spiro atoms. The van der Waals surface area contributed by atoms with Gasteiger partial charge in [-0.15, -0.1) is 0 Å². The van der Waals surface area contributed by atoms with Gasteiger partial charge in [-0.3, -0.25) is 0 Å². The summed E-state index contributed by atoms with van der Waals surface area (Å²) in [6.07, 6.45) is -0.286. The standard InChI is InChI=1S/C10H9F2N/c1-2-10(11,12)9-6-4-3-5-8(9)7-13/h3-6H,2H2,1H3. The van der Waals surface area contributed by atoms with Gasteiger partial charge in [0.15, 0.2) is 0 Å². The van der Waals surface area contributed by atoms with Crippen LogP contribution in [0.4, 0.5) is 8.78 Å². The van der Waals surface area contributed by atoms with Gasteiger partial charge in [0, 0.05) is 12.0 Å². The number of alkyl halides is 2. The molecule has 0 atom stereocenters. The molecule has 0 bridgehead atoms. The molecule has 0 aromatic heterocycles. The molecule has 1 aromatic carbocycles. The number of benzene rings is 1. The van der Waals surface area contributed by atoms with E-state index in [2.05, 4.69) is 0 Å². The molecule has 0 saturated heterocycles. The van der Waals surface area contributed by atoms with Gasteiger partial charge in [-0.05, 0) is 6.07 Å². The average molecular weight is 181 g/mol. The largest absolute Gasteiger partial charge is 0.274 e. The molecule has 13 heavy (non-hydrogen) atoms. The number of rotatable bonds is 2. The van der Waals surface area contributed by atoms with Crippen molar-refractivity contribution in [1.82, 2.24) is 0 Å². The molecule has 0 heterocycles. The molecule has 0 radical (unpaired) electrons. The van der Waals surface area contributed by atoms with E-state index in [0.717, 1.165) is 0 Å². The van der Waals surface area contributed by atoms with E-state index in [1.54, 1.807) is 12.1 Å². The van der Waals surface area contributed by atoms with Crippen LogP contribution in [-0.2, 0) is 5.92 Å². The van der Waals surface area contributed by atoms with Crippen LogP contribution in [0.25, 0.3) is 0 Å². The molecule has 1 aromatic rings. The Morgan fingerprint density at radius 3 is 2.54 bits per heavy atom. The van der Waals surface area contributed by atoms with Gasteiger partial charge in [0.05, 0.1) is 11.6 Å². The van der Waals surface area contributed by atoms with Gasteiger partial charge in [0.1, 0.15) is 0 Å². The van der Waals surface area contributed by atoms with Gasteiger partial charge >= 0.3 is 0 Å². The fraction of sp³-hybridized carbons (Fsp3) is 0.300. The lowest BCUT2D eigenvalue weighted by Crippen LogP contribution is -2.13. The van der Waals surface area contributed by atoms with Crippen LogP contribution in [0.3, 0.4) is 0 Å². The zero-order chi connectivity index (χ0) is 9.90. The molecule has 3 heteroatoms. The molecule has 68 valence electrons. The van der Waals surface area contributed by atoms with Crippen LogP contribution in [-0.4, -0.2) is 0 Å². The third-order valence-corrected chi connectivity index (χ3v) is 1.89. The summed E-state index contributed by atoms with van der Waals surface area (Å²) in [6, 6.07) is 7.54. The summed E-state index contributed by atoms with van der Waals surface area (Å²) in [4.78, 5) is 0. The molecule has 0 amide bonds. The van der Waals surface area contributed by atoms with E-state index in [4.69, 9.17) is 5.26 Å². The first-order valence-electron chi connectivity index (χ1n) is 3.99. The smallest absolute Gasteiger partial charge is 0.201 e. The Labute approximate surface area is 75.6 Å². The minimum atomic E-state index is -2.90. The Bertz CT molecular complexity index is 339. The van der Waals surface area contributed by atoms with Crippen LogP contribution < -0.4 is 0 Å². The summed E-state index contributed by atoms with van der Waals surface area (Å²) in [6.45, 7) is 1.40. The second kappa shape index (κ2) is 3.53. The van der Waals surface area contributed by atoms with E-state index >= 15 is 0 Å². The Morgan fingerprint density at radius 1 is 1.38 bits per heavy atom. The Morgan fingerprint density at radius 2 is 2.00 bits per heavy atom. The molecule has 0 aliphatic heterocycles. The summed E-state index contributed by atoms with van der Waals surface area (Å²) < 4.78 is 26.4. The fourth-order valence-electron chi connectivity index (χ4n) is 1.09. The van der Waals surface area contributed by atoms with Gasteiger partial charge < -0.3 is 0 Å². The minimum absolute atomic E-state index is 0.0503. The molecule has 0 saturated carbocycles. The van der Waals surface area contributed by atoms with E-state index in [-0.39, 0.29) is 17.5 Å². The summed E-state index contributed by atoms with van der Waals surface area (Å²) in [5, 5.41) is 8.59. The van der Waals surface area contributed by atoms with Crippen molar-refractivity contribution < 1.29 is 8.78 Å². The molecule has 1 rings (SSSR count). The quantitative estimate of drug-likeness (QED) is 0.687. The highest BCUT2D eigenvalue weighted by Gasteiger charge is 2.31. The summed E-state index contributed by atoms with van der Waals surface area (Å²) >= 11 is 0. The molecule has 1 nitrogen and oxygen atoms in total. The van der Waals surface area contributed by atoms with Crippen molar-refractivity contribution in [3.63, 3.8) is 0 Å². The summed E-state index contributed by atoms with van der Waals surface area (Å²) in [5.41, 5.74) is -0.130. The van der Waals surface area contributed by atoms with Crippen molar-refractivity contribution >= 4 is 0 Å². The lowest BCUT2D eigenvalue weighted by Gasteiger charge is -2.15. The van der Waals surface area contributed by atoms with Crippen LogP contribution in [0.5, 0.6) is 0 Å². The van der Waals surface area contributed by atoms with Crippen molar-refractivity contribution in [2.45, 2.75) is 19.3 Å². The second-order valence-corrected chi connectivity index (χ2v) is 2.72. The topological polar surface area (TPSA) is 23.8 Å². The molecule has 0 N–H and O–H groups in total. The maximum Gasteiger partial charge on any atom is 0.274 e. The molecule has 0 aliphatic rings. The first-order chi connectivity index (χ1) is 6.11. The molecular formula is C10H9F2N. The highest BCUT2D eigenvalue weighted by Crippen LogP contribution is 2.33. The van der Waals surface area contributed by atoms with Crippen LogP contribution in [0.15, 0.2) is 24.3 Å². The van der Waals surface area contributed by atoms with Crippen LogP contribution >= 0.6 is 0 Å². The second-order valence-electron chi connectivity index (χ2n) is 2.72. The number of hydrogen-bond donors (Lipinski definition) is 0. The molecule has 0 unspecified atom stereocenters. The van der Waals surface area contributed by atoms with Crippen LogP contribution in [0.2, 0.25) is 0 Å². The molecule has 0 aliphatic carbocycles. The van der Waals surface area contributed by atoms with E-state index in [9.17, 15) is 8.78 Å². The van der Waals surface area contributed by atoms with E-state index < -0.39 is 5.92 Å². The zero-order valence-electron chi connectivity index (χ0n) is 7.22. The van der Waals surface area contributed by atoms with Crippen LogP contribution in [0, 0.1) is 11.3 Å². The van der Waals surface area contributed by atoms with Gasteiger partial charge in [0.2, 0.25) is 0 Å². The normalized spacial score (nSPS) is 10.9. The monoisotopic (exact) mass is 181 g/mol. The number of nitrogens with zero attached hydrogens (tertiary/aromatic N) is 1. The first-order valence-corrected chi connectivity index (χ1v) is 3.99. The fourth-order valence-corrected chi connectivity index (χ4v) is 1.09.